The van der Waals surface area contributed by atoms with Gasteiger partial charge >= 0.3 is 0 Å². The molecule has 45 heavy (non-hydrogen) atoms. The van der Waals surface area contributed by atoms with Crippen molar-refractivity contribution in [2.45, 2.75) is 37.8 Å². The number of benzene rings is 2. The first kappa shape index (κ1) is 30.7. The zero-order chi connectivity index (χ0) is 31.3. The van der Waals surface area contributed by atoms with Crippen LogP contribution in [0.1, 0.15) is 36.2 Å². The highest BCUT2D eigenvalue weighted by molar-refractivity contribution is 5.98. The van der Waals surface area contributed by atoms with Gasteiger partial charge in [0.25, 0.3) is 5.91 Å². The first-order valence-corrected chi connectivity index (χ1v) is 15.7. The van der Waals surface area contributed by atoms with Crippen LogP contribution < -0.4 is 21.3 Å². The Labute approximate surface area is 263 Å². The lowest BCUT2D eigenvalue weighted by molar-refractivity contribution is 0.0904. The molecule has 6 rings (SSSR count). The van der Waals surface area contributed by atoms with Crippen LogP contribution in [0, 0.1) is 12.4 Å². The molecule has 3 aliphatic heterocycles. The van der Waals surface area contributed by atoms with Crippen molar-refractivity contribution in [2.24, 2.45) is 5.73 Å². The number of carbonyl (C=O) groups excluding carboxylic acids is 1. The van der Waals surface area contributed by atoms with Gasteiger partial charge in [0.1, 0.15) is 11.5 Å². The number of hydrogen-bond donors (Lipinski definition) is 3. The van der Waals surface area contributed by atoms with Crippen molar-refractivity contribution in [1.82, 2.24) is 19.8 Å². The number of nitrogens with zero attached hydrogens (tertiary/aromatic N) is 6. The quantitative estimate of drug-likeness (QED) is 0.316. The maximum Gasteiger partial charge on any atom is 0.271 e. The topological polar surface area (TPSA) is 116 Å². The third-order valence-corrected chi connectivity index (χ3v) is 9.04. The number of aromatic nitrogens is 2. The number of carbonyl (C=O) groups is 1. The average molecular weight is 614 g/mol. The summed E-state index contributed by atoms with van der Waals surface area (Å²) in [6, 6.07) is 12.7. The van der Waals surface area contributed by atoms with E-state index in [1.165, 1.54) is 12.1 Å². The third kappa shape index (κ3) is 7.17. The molecule has 0 atom stereocenters. The summed E-state index contributed by atoms with van der Waals surface area (Å²) in [5.74, 6) is -0.720. The van der Waals surface area contributed by atoms with E-state index in [1.54, 1.807) is 0 Å². The molecule has 1 amide bonds. The van der Waals surface area contributed by atoms with E-state index in [2.05, 4.69) is 54.3 Å². The summed E-state index contributed by atoms with van der Waals surface area (Å²) >= 11 is 0. The van der Waals surface area contributed by atoms with Crippen LogP contribution in [0.15, 0.2) is 42.5 Å². The molecule has 0 aliphatic carbocycles. The summed E-state index contributed by atoms with van der Waals surface area (Å²) in [7, 11) is 2.19. The Morgan fingerprint density at radius 3 is 2.36 bits per heavy atom. The van der Waals surface area contributed by atoms with Crippen LogP contribution in [0.25, 0.3) is 16.1 Å². The molecule has 3 aromatic rings. The average Bonchev–Trinajstić information content (AvgIpc) is 3.06. The molecule has 0 spiro atoms. The van der Waals surface area contributed by atoms with Crippen molar-refractivity contribution in [3.05, 3.63) is 65.4 Å². The van der Waals surface area contributed by atoms with E-state index in [0.29, 0.717) is 30.6 Å². The van der Waals surface area contributed by atoms with Gasteiger partial charge in [-0.15, -0.1) is 0 Å². The highest BCUT2D eigenvalue weighted by Gasteiger charge is 2.27. The van der Waals surface area contributed by atoms with Gasteiger partial charge in [-0.1, -0.05) is 6.07 Å². The Kier molecular flexibility index (Phi) is 9.39. The van der Waals surface area contributed by atoms with E-state index >= 15 is 0 Å². The van der Waals surface area contributed by atoms with Gasteiger partial charge in [0.05, 0.1) is 6.57 Å². The molecule has 0 bridgehead atoms. The maximum absolute atomic E-state index is 14.0. The van der Waals surface area contributed by atoms with Crippen molar-refractivity contribution in [3.8, 4) is 11.3 Å². The summed E-state index contributed by atoms with van der Waals surface area (Å²) in [5, 5.41) is 6.68. The van der Waals surface area contributed by atoms with Crippen molar-refractivity contribution in [3.63, 3.8) is 0 Å². The van der Waals surface area contributed by atoms with Gasteiger partial charge in [0, 0.05) is 81.5 Å². The van der Waals surface area contributed by atoms with E-state index in [9.17, 15) is 9.18 Å². The number of rotatable bonds is 8. The standard InChI is InChI=1S/C33H40FN9O2/c1-36-28-21-22(34)3-8-27(28)29-32(38-24-11-19-45-20-12-24)40-33(30(39-29)31(35)44)37-23-4-6-25(7-5-23)42-13-9-26(10-14-42)43-17-15-41(2)16-18-43/h3-8,21,24,26H,9-20H2,2H3,(H2,35,44)(H2,37,38,40). The minimum absolute atomic E-state index is 0.0515. The number of nitrogens with one attached hydrogen (secondary N) is 2. The number of anilines is 4. The molecule has 11 nitrogen and oxygen atoms in total. The smallest absolute Gasteiger partial charge is 0.271 e. The highest BCUT2D eigenvalue weighted by Crippen LogP contribution is 2.36. The zero-order valence-corrected chi connectivity index (χ0v) is 25.6. The van der Waals surface area contributed by atoms with Crippen LogP contribution in [0.5, 0.6) is 0 Å². The number of halogens is 1. The molecule has 4 heterocycles. The van der Waals surface area contributed by atoms with E-state index in [0.717, 1.165) is 82.4 Å². The minimum Gasteiger partial charge on any atom is -0.381 e. The monoisotopic (exact) mass is 613 g/mol. The molecule has 2 aromatic carbocycles. The van der Waals surface area contributed by atoms with Gasteiger partial charge in [0.2, 0.25) is 0 Å². The number of hydrogen-bond acceptors (Lipinski definition) is 9. The fourth-order valence-corrected chi connectivity index (χ4v) is 6.38. The van der Waals surface area contributed by atoms with Gasteiger partial charge in [-0.2, -0.15) is 0 Å². The number of nitrogens with two attached hydrogens (primary N) is 1. The summed E-state index contributed by atoms with van der Waals surface area (Å²) in [6.07, 6.45) is 3.82. The second-order valence-corrected chi connectivity index (χ2v) is 12.0. The van der Waals surface area contributed by atoms with Crippen LogP contribution in [-0.2, 0) is 4.74 Å². The van der Waals surface area contributed by atoms with Gasteiger partial charge < -0.3 is 30.9 Å². The Morgan fingerprint density at radius 2 is 1.69 bits per heavy atom. The lowest BCUT2D eigenvalue weighted by atomic mass is 10.0. The van der Waals surface area contributed by atoms with Crippen LogP contribution in [0.2, 0.25) is 0 Å². The molecule has 12 heteroatoms. The summed E-state index contributed by atoms with van der Waals surface area (Å²) in [5.41, 5.74) is 8.30. The number of likely N-dealkylation sites (N-methyl/N-ethyl adjacent to an activating group) is 1. The Bertz CT molecular complexity index is 1540. The molecule has 0 radical (unpaired) electrons. The molecule has 3 saturated heterocycles. The molecule has 1 aromatic heterocycles. The SMILES string of the molecule is [C-]#[N+]c1cc(F)ccc1-c1nc(C(N)=O)c(Nc2ccc(N3CCC(N4CCN(C)CC4)CC3)cc2)nc1NC1CCOCC1. The number of primary amides is 1. The minimum atomic E-state index is -0.768. The number of amides is 1. The molecular weight excluding hydrogens is 573 g/mol. The lowest BCUT2D eigenvalue weighted by Gasteiger charge is -2.42. The van der Waals surface area contributed by atoms with Crippen LogP contribution in [0.4, 0.5) is 33.1 Å². The molecule has 3 aliphatic rings. The van der Waals surface area contributed by atoms with Gasteiger partial charge in [-0.05, 0) is 69.1 Å². The third-order valence-electron chi connectivity index (χ3n) is 9.04. The van der Waals surface area contributed by atoms with E-state index in [4.69, 9.17) is 22.0 Å². The predicted molar refractivity (Wildman–Crippen MR) is 174 cm³/mol. The van der Waals surface area contributed by atoms with Gasteiger partial charge in [0.15, 0.2) is 23.0 Å². The highest BCUT2D eigenvalue weighted by atomic mass is 19.1. The van der Waals surface area contributed by atoms with Crippen molar-refractivity contribution in [2.75, 3.05) is 75.1 Å². The second-order valence-electron chi connectivity index (χ2n) is 12.0. The fourth-order valence-electron chi connectivity index (χ4n) is 6.38. The van der Waals surface area contributed by atoms with Crippen LogP contribution >= 0.6 is 0 Å². The summed E-state index contributed by atoms with van der Waals surface area (Å²) in [6.45, 7) is 15.4. The van der Waals surface area contributed by atoms with Crippen molar-refractivity contribution in [1.29, 1.82) is 0 Å². The second kappa shape index (κ2) is 13.8. The maximum atomic E-state index is 14.0. The molecule has 3 fully saturated rings. The van der Waals surface area contributed by atoms with Crippen LogP contribution in [0.3, 0.4) is 0 Å². The Balaban J connectivity index is 1.22. The molecular formula is C33H40FN9O2. The molecule has 0 saturated carbocycles. The predicted octanol–water partition coefficient (Wildman–Crippen LogP) is 4.48. The number of piperazine rings is 1. The van der Waals surface area contributed by atoms with E-state index in [-0.39, 0.29) is 28.9 Å². The number of ether oxygens (including phenoxy) is 1. The van der Waals surface area contributed by atoms with Crippen LogP contribution in [-0.4, -0.2) is 97.3 Å². The van der Waals surface area contributed by atoms with Gasteiger partial charge in [-0.3, -0.25) is 9.69 Å². The Hall–Kier alpha value is -4.31. The first-order valence-electron chi connectivity index (χ1n) is 15.7. The molecule has 4 N–H and O–H groups in total. The van der Waals surface area contributed by atoms with E-state index in [1.807, 2.05) is 12.1 Å². The van der Waals surface area contributed by atoms with E-state index < -0.39 is 11.7 Å². The zero-order valence-electron chi connectivity index (χ0n) is 25.6. The lowest BCUT2D eigenvalue weighted by Crippen LogP contribution is -2.52. The molecule has 0 unspecified atom stereocenters. The Morgan fingerprint density at radius 1 is 0.978 bits per heavy atom. The normalized spacial score (nSPS) is 18.8. The number of piperidine rings is 1. The summed E-state index contributed by atoms with van der Waals surface area (Å²) < 4.78 is 19.5. The van der Waals surface area contributed by atoms with Crippen molar-refractivity contribution < 1.29 is 13.9 Å². The largest absolute Gasteiger partial charge is 0.381 e. The van der Waals surface area contributed by atoms with Crippen molar-refractivity contribution >= 4 is 34.6 Å². The molecule has 236 valence electrons. The fraction of sp³-hybridized carbons (Fsp3) is 0.455. The first-order chi connectivity index (χ1) is 21.9. The van der Waals surface area contributed by atoms with Gasteiger partial charge in [-0.25, -0.2) is 19.2 Å². The summed E-state index contributed by atoms with van der Waals surface area (Å²) in [4.78, 5) is 33.0.